The summed E-state index contributed by atoms with van der Waals surface area (Å²) in [6.07, 6.45) is 5.68. The molecule has 4 heteroatoms. The van der Waals surface area contributed by atoms with Gasteiger partial charge in [0.2, 0.25) is 5.91 Å². The number of benzene rings is 1. The SMILES string of the molecule is CCC(=O)N(CC(CC)N1CCC(c2ccccc2)CC1)c1ccccn1. The van der Waals surface area contributed by atoms with Crippen LogP contribution in [0.3, 0.4) is 0 Å². The molecule has 1 amide bonds. The van der Waals surface area contributed by atoms with Gasteiger partial charge in [0, 0.05) is 25.2 Å². The van der Waals surface area contributed by atoms with Gasteiger partial charge in [0.05, 0.1) is 0 Å². The topological polar surface area (TPSA) is 36.4 Å². The molecule has 0 spiro atoms. The van der Waals surface area contributed by atoms with Gasteiger partial charge < -0.3 is 0 Å². The number of likely N-dealkylation sites (tertiary alicyclic amines) is 1. The molecule has 3 rings (SSSR count). The van der Waals surface area contributed by atoms with Crippen LogP contribution in [-0.4, -0.2) is 41.5 Å². The average Bonchev–Trinajstić information content (AvgIpc) is 2.75. The summed E-state index contributed by atoms with van der Waals surface area (Å²) in [4.78, 5) is 21.4. The number of aromatic nitrogens is 1. The highest BCUT2D eigenvalue weighted by Crippen LogP contribution is 2.29. The van der Waals surface area contributed by atoms with Crippen LogP contribution in [0.25, 0.3) is 0 Å². The number of pyridine rings is 1. The minimum Gasteiger partial charge on any atom is -0.299 e. The number of hydrogen-bond acceptors (Lipinski definition) is 3. The number of hydrogen-bond donors (Lipinski definition) is 0. The van der Waals surface area contributed by atoms with E-state index in [1.54, 1.807) is 6.20 Å². The van der Waals surface area contributed by atoms with Gasteiger partial charge in [-0.1, -0.05) is 50.2 Å². The molecule has 1 aromatic heterocycles. The van der Waals surface area contributed by atoms with Crippen LogP contribution in [0.4, 0.5) is 5.82 Å². The largest absolute Gasteiger partial charge is 0.299 e. The molecule has 2 aromatic rings. The highest BCUT2D eigenvalue weighted by molar-refractivity contribution is 5.92. The maximum Gasteiger partial charge on any atom is 0.227 e. The second-order valence-electron chi connectivity index (χ2n) is 7.33. The van der Waals surface area contributed by atoms with Gasteiger partial charge in [0.1, 0.15) is 5.82 Å². The molecule has 1 saturated heterocycles. The zero-order valence-corrected chi connectivity index (χ0v) is 16.6. The predicted octanol–water partition coefficient (Wildman–Crippen LogP) is 4.48. The first-order chi connectivity index (χ1) is 13.2. The Morgan fingerprint density at radius 1 is 1.11 bits per heavy atom. The molecule has 0 radical (unpaired) electrons. The summed E-state index contributed by atoms with van der Waals surface area (Å²) in [6.45, 7) is 7.05. The maximum absolute atomic E-state index is 12.6. The van der Waals surface area contributed by atoms with Gasteiger partial charge in [-0.2, -0.15) is 0 Å². The summed E-state index contributed by atoms with van der Waals surface area (Å²) < 4.78 is 0. The summed E-state index contributed by atoms with van der Waals surface area (Å²) in [5.74, 6) is 1.57. The van der Waals surface area contributed by atoms with Crippen molar-refractivity contribution >= 4 is 11.7 Å². The van der Waals surface area contributed by atoms with Crippen molar-refractivity contribution < 1.29 is 4.79 Å². The van der Waals surface area contributed by atoms with Crippen molar-refractivity contribution in [3.8, 4) is 0 Å². The van der Waals surface area contributed by atoms with Gasteiger partial charge in [-0.15, -0.1) is 0 Å². The third-order valence-electron chi connectivity index (χ3n) is 5.71. The van der Waals surface area contributed by atoms with Gasteiger partial charge in [0.15, 0.2) is 0 Å². The summed E-state index contributed by atoms with van der Waals surface area (Å²) in [5, 5.41) is 0. The molecule has 1 fully saturated rings. The van der Waals surface area contributed by atoms with Crippen LogP contribution in [0, 0.1) is 0 Å². The Hall–Kier alpha value is -2.20. The van der Waals surface area contributed by atoms with Gasteiger partial charge in [-0.25, -0.2) is 4.98 Å². The fourth-order valence-electron chi connectivity index (χ4n) is 4.06. The third-order valence-corrected chi connectivity index (χ3v) is 5.71. The Kier molecular flexibility index (Phi) is 6.99. The van der Waals surface area contributed by atoms with E-state index in [2.05, 4.69) is 47.1 Å². The summed E-state index contributed by atoms with van der Waals surface area (Å²) in [5.41, 5.74) is 1.46. The first-order valence-corrected chi connectivity index (χ1v) is 10.2. The van der Waals surface area contributed by atoms with Crippen LogP contribution in [0.2, 0.25) is 0 Å². The van der Waals surface area contributed by atoms with Crippen molar-refractivity contribution in [2.45, 2.75) is 51.5 Å². The first kappa shape index (κ1) is 19.6. The molecule has 27 heavy (non-hydrogen) atoms. The zero-order valence-electron chi connectivity index (χ0n) is 16.6. The number of carbonyl (C=O) groups excluding carboxylic acids is 1. The maximum atomic E-state index is 12.6. The van der Waals surface area contributed by atoms with Crippen molar-refractivity contribution in [1.29, 1.82) is 0 Å². The molecule has 0 saturated carbocycles. The predicted molar refractivity (Wildman–Crippen MR) is 111 cm³/mol. The number of rotatable bonds is 7. The van der Waals surface area contributed by atoms with Crippen LogP contribution in [0.15, 0.2) is 54.7 Å². The molecule has 4 nitrogen and oxygen atoms in total. The fraction of sp³-hybridized carbons (Fsp3) is 0.478. The van der Waals surface area contributed by atoms with Crippen molar-refractivity contribution in [2.75, 3.05) is 24.5 Å². The lowest BCUT2D eigenvalue weighted by Gasteiger charge is -2.39. The van der Waals surface area contributed by atoms with Crippen LogP contribution >= 0.6 is 0 Å². The van der Waals surface area contributed by atoms with Crippen LogP contribution in [0.5, 0.6) is 0 Å². The molecule has 0 bridgehead atoms. The average molecular weight is 366 g/mol. The molecule has 1 atom stereocenters. The number of anilines is 1. The minimum atomic E-state index is 0.145. The van der Waals surface area contributed by atoms with E-state index in [1.807, 2.05) is 30.0 Å². The Labute approximate surface area is 163 Å². The monoisotopic (exact) mass is 365 g/mol. The Bertz CT molecular complexity index is 696. The molecule has 1 aliphatic rings. The van der Waals surface area contributed by atoms with E-state index < -0.39 is 0 Å². The number of nitrogens with zero attached hydrogens (tertiary/aromatic N) is 3. The zero-order chi connectivity index (χ0) is 19.1. The lowest BCUT2D eigenvalue weighted by atomic mass is 9.88. The molecule has 144 valence electrons. The van der Waals surface area contributed by atoms with Gasteiger partial charge >= 0.3 is 0 Å². The lowest BCUT2D eigenvalue weighted by molar-refractivity contribution is -0.118. The molecular formula is C23H31N3O. The Balaban J connectivity index is 1.65. The second kappa shape index (κ2) is 9.65. The smallest absolute Gasteiger partial charge is 0.227 e. The van der Waals surface area contributed by atoms with E-state index in [1.165, 1.54) is 18.4 Å². The number of carbonyl (C=O) groups is 1. The van der Waals surface area contributed by atoms with Crippen LogP contribution in [0.1, 0.15) is 51.0 Å². The number of piperidine rings is 1. The summed E-state index contributed by atoms with van der Waals surface area (Å²) in [7, 11) is 0. The van der Waals surface area contributed by atoms with Gasteiger partial charge in [-0.05, 0) is 56.0 Å². The summed E-state index contributed by atoms with van der Waals surface area (Å²) >= 11 is 0. The van der Waals surface area contributed by atoms with Crippen LogP contribution < -0.4 is 4.90 Å². The Morgan fingerprint density at radius 2 is 1.81 bits per heavy atom. The minimum absolute atomic E-state index is 0.145. The standard InChI is InChI=1S/C23H31N3O/c1-3-21(18-26(23(27)4-2)22-12-8-9-15-24-22)25-16-13-20(14-17-25)19-10-6-5-7-11-19/h5-12,15,20-21H,3-4,13-14,16-18H2,1-2H3. The molecule has 1 unspecified atom stereocenters. The van der Waals surface area contributed by atoms with Crippen LogP contribution in [-0.2, 0) is 4.79 Å². The fourth-order valence-corrected chi connectivity index (χ4v) is 4.06. The van der Waals surface area contributed by atoms with Crippen molar-refractivity contribution in [3.05, 3.63) is 60.3 Å². The Morgan fingerprint density at radius 3 is 2.41 bits per heavy atom. The normalized spacial score (nSPS) is 16.8. The van der Waals surface area contributed by atoms with E-state index in [0.29, 0.717) is 18.4 Å². The highest BCUT2D eigenvalue weighted by Gasteiger charge is 2.28. The first-order valence-electron chi connectivity index (χ1n) is 10.2. The number of amides is 1. The van der Waals surface area contributed by atoms with E-state index in [4.69, 9.17) is 0 Å². The van der Waals surface area contributed by atoms with E-state index in [0.717, 1.165) is 31.9 Å². The van der Waals surface area contributed by atoms with Crippen molar-refractivity contribution in [2.24, 2.45) is 0 Å². The molecular weight excluding hydrogens is 334 g/mol. The molecule has 0 N–H and O–H groups in total. The quantitative estimate of drug-likeness (QED) is 0.726. The van der Waals surface area contributed by atoms with Crippen molar-refractivity contribution in [1.82, 2.24) is 9.88 Å². The molecule has 2 heterocycles. The summed E-state index contributed by atoms with van der Waals surface area (Å²) in [6, 6.07) is 17.0. The van der Waals surface area contributed by atoms with E-state index in [-0.39, 0.29) is 5.91 Å². The van der Waals surface area contributed by atoms with E-state index in [9.17, 15) is 4.79 Å². The lowest BCUT2D eigenvalue weighted by Crippen LogP contribution is -2.48. The molecule has 0 aliphatic carbocycles. The molecule has 1 aliphatic heterocycles. The van der Waals surface area contributed by atoms with E-state index >= 15 is 0 Å². The third kappa shape index (κ3) is 4.95. The van der Waals surface area contributed by atoms with Gasteiger partial charge in [0.25, 0.3) is 0 Å². The van der Waals surface area contributed by atoms with Gasteiger partial charge in [-0.3, -0.25) is 14.6 Å². The van der Waals surface area contributed by atoms with Crippen molar-refractivity contribution in [3.63, 3.8) is 0 Å². The highest BCUT2D eigenvalue weighted by atomic mass is 16.2. The second-order valence-corrected chi connectivity index (χ2v) is 7.33. The molecule has 1 aromatic carbocycles.